The molecule has 2 rings (SSSR count). The van der Waals surface area contributed by atoms with Crippen molar-refractivity contribution < 1.29 is 4.79 Å². The van der Waals surface area contributed by atoms with Gasteiger partial charge in [-0.2, -0.15) is 11.8 Å². The molecular weight excluding hydrogens is 282 g/mol. The Hall–Kier alpha value is -0.940. The standard InChI is InChI=1S/C13H19N3OS.ClH/c1-13(5-2-6-18-13)9-16-12(17)7-11-4-3-10(14)8-15-11;/h3-4,8H,2,5-7,9,14H2,1H3,(H,16,17);1H. The van der Waals surface area contributed by atoms with E-state index in [1.165, 1.54) is 18.6 Å². The highest BCUT2D eigenvalue weighted by Crippen LogP contribution is 2.36. The number of anilines is 1. The average Bonchev–Trinajstić information content (AvgIpc) is 2.78. The number of halogens is 1. The fourth-order valence-corrected chi connectivity index (χ4v) is 3.27. The number of nitrogen functional groups attached to an aromatic ring is 1. The molecule has 3 N–H and O–H groups in total. The first-order chi connectivity index (χ1) is 8.57. The number of carbonyl (C=O) groups excluding carboxylic acids is 1. The molecule has 1 unspecified atom stereocenters. The van der Waals surface area contributed by atoms with E-state index in [1.807, 2.05) is 11.8 Å². The van der Waals surface area contributed by atoms with Crippen LogP contribution in [0, 0.1) is 0 Å². The van der Waals surface area contributed by atoms with Gasteiger partial charge in [0.2, 0.25) is 5.91 Å². The zero-order chi connectivity index (χ0) is 13.0. The predicted octanol–water partition coefficient (Wildman–Crippen LogP) is 2.03. The van der Waals surface area contributed by atoms with Gasteiger partial charge >= 0.3 is 0 Å². The Kier molecular flexibility index (Phi) is 5.94. The third kappa shape index (κ3) is 4.91. The van der Waals surface area contributed by atoms with E-state index < -0.39 is 0 Å². The zero-order valence-electron chi connectivity index (χ0n) is 11.0. The summed E-state index contributed by atoms with van der Waals surface area (Å²) in [4.78, 5) is 15.9. The maximum atomic E-state index is 11.8. The van der Waals surface area contributed by atoms with Crippen LogP contribution in [0.25, 0.3) is 0 Å². The number of nitrogens with one attached hydrogen (secondary N) is 1. The molecule has 19 heavy (non-hydrogen) atoms. The van der Waals surface area contributed by atoms with Crippen molar-refractivity contribution in [3.05, 3.63) is 24.0 Å². The minimum Gasteiger partial charge on any atom is -0.397 e. The highest BCUT2D eigenvalue weighted by molar-refractivity contribution is 8.00. The lowest BCUT2D eigenvalue weighted by molar-refractivity contribution is -0.120. The van der Waals surface area contributed by atoms with Gasteiger partial charge in [-0.15, -0.1) is 12.4 Å². The van der Waals surface area contributed by atoms with Crippen molar-refractivity contribution in [3.8, 4) is 0 Å². The van der Waals surface area contributed by atoms with Crippen LogP contribution in [0.1, 0.15) is 25.5 Å². The fourth-order valence-electron chi connectivity index (χ4n) is 2.03. The minimum absolute atomic E-state index is 0. The molecule has 1 aromatic rings. The van der Waals surface area contributed by atoms with Gasteiger partial charge in [0.05, 0.1) is 18.3 Å². The van der Waals surface area contributed by atoms with Gasteiger partial charge in [0.1, 0.15) is 0 Å². The van der Waals surface area contributed by atoms with E-state index in [2.05, 4.69) is 17.2 Å². The number of rotatable bonds is 4. The molecule has 1 fully saturated rings. The monoisotopic (exact) mass is 301 g/mol. The lowest BCUT2D eigenvalue weighted by Gasteiger charge is -2.22. The van der Waals surface area contributed by atoms with E-state index >= 15 is 0 Å². The van der Waals surface area contributed by atoms with Crippen LogP contribution in [0.5, 0.6) is 0 Å². The lowest BCUT2D eigenvalue weighted by atomic mass is 10.1. The van der Waals surface area contributed by atoms with Gasteiger partial charge in [0.15, 0.2) is 0 Å². The summed E-state index contributed by atoms with van der Waals surface area (Å²) in [5.74, 6) is 1.23. The summed E-state index contributed by atoms with van der Waals surface area (Å²) in [7, 11) is 0. The molecule has 2 heterocycles. The van der Waals surface area contributed by atoms with Crippen molar-refractivity contribution in [3.63, 3.8) is 0 Å². The molecule has 1 aliphatic heterocycles. The second-order valence-corrected chi connectivity index (χ2v) is 6.62. The predicted molar refractivity (Wildman–Crippen MR) is 82.7 cm³/mol. The number of hydrogen-bond acceptors (Lipinski definition) is 4. The van der Waals surface area contributed by atoms with E-state index in [0.717, 1.165) is 12.2 Å². The minimum atomic E-state index is 0. The topological polar surface area (TPSA) is 68.0 Å². The number of carbonyl (C=O) groups is 1. The molecule has 1 aliphatic rings. The van der Waals surface area contributed by atoms with Gasteiger partial charge in [-0.1, -0.05) is 0 Å². The first kappa shape index (κ1) is 16.1. The van der Waals surface area contributed by atoms with E-state index in [0.29, 0.717) is 12.1 Å². The number of aromatic nitrogens is 1. The van der Waals surface area contributed by atoms with Gasteiger partial charge < -0.3 is 11.1 Å². The van der Waals surface area contributed by atoms with Crippen molar-refractivity contribution in [1.29, 1.82) is 0 Å². The van der Waals surface area contributed by atoms with Crippen LogP contribution in [-0.2, 0) is 11.2 Å². The largest absolute Gasteiger partial charge is 0.397 e. The smallest absolute Gasteiger partial charge is 0.226 e. The molecule has 0 aromatic carbocycles. The summed E-state index contributed by atoms with van der Waals surface area (Å²) in [5.41, 5.74) is 6.93. The van der Waals surface area contributed by atoms with E-state index in [-0.39, 0.29) is 23.1 Å². The normalized spacial score (nSPS) is 21.7. The second kappa shape index (κ2) is 7.01. The van der Waals surface area contributed by atoms with Crippen LogP contribution in [0.3, 0.4) is 0 Å². The molecule has 1 saturated heterocycles. The van der Waals surface area contributed by atoms with Crippen LogP contribution in [-0.4, -0.2) is 27.9 Å². The van der Waals surface area contributed by atoms with E-state index in [1.54, 1.807) is 18.3 Å². The van der Waals surface area contributed by atoms with Gasteiger partial charge in [0.25, 0.3) is 0 Å². The third-order valence-electron chi connectivity index (χ3n) is 3.15. The number of hydrogen-bond donors (Lipinski definition) is 2. The van der Waals surface area contributed by atoms with Crippen LogP contribution >= 0.6 is 24.2 Å². The van der Waals surface area contributed by atoms with E-state index in [4.69, 9.17) is 5.73 Å². The summed E-state index contributed by atoms with van der Waals surface area (Å²) in [5, 5.41) is 3.00. The molecule has 1 atom stereocenters. The maximum absolute atomic E-state index is 11.8. The Morgan fingerprint density at radius 3 is 2.95 bits per heavy atom. The summed E-state index contributed by atoms with van der Waals surface area (Å²) < 4.78 is 0.213. The third-order valence-corrected chi connectivity index (χ3v) is 4.69. The van der Waals surface area contributed by atoms with Crippen molar-refractivity contribution in [2.45, 2.75) is 30.9 Å². The zero-order valence-corrected chi connectivity index (χ0v) is 12.6. The molecule has 6 heteroatoms. The Bertz CT molecular complexity index is 418. The molecule has 0 bridgehead atoms. The van der Waals surface area contributed by atoms with Gasteiger partial charge in [0, 0.05) is 17.0 Å². The van der Waals surface area contributed by atoms with Crippen LogP contribution in [0.4, 0.5) is 5.69 Å². The average molecular weight is 302 g/mol. The summed E-state index contributed by atoms with van der Waals surface area (Å²) >= 11 is 1.95. The number of amides is 1. The van der Waals surface area contributed by atoms with Crippen molar-refractivity contribution in [2.75, 3.05) is 18.0 Å². The maximum Gasteiger partial charge on any atom is 0.226 e. The lowest BCUT2D eigenvalue weighted by Crippen LogP contribution is -2.37. The Morgan fingerprint density at radius 2 is 2.37 bits per heavy atom. The number of nitrogens with zero attached hydrogens (tertiary/aromatic N) is 1. The number of thioether (sulfide) groups is 1. The molecule has 0 radical (unpaired) electrons. The van der Waals surface area contributed by atoms with Crippen LogP contribution < -0.4 is 11.1 Å². The summed E-state index contributed by atoms with van der Waals surface area (Å²) in [6.07, 6.45) is 4.33. The number of pyridine rings is 1. The molecule has 0 aliphatic carbocycles. The van der Waals surface area contributed by atoms with Crippen LogP contribution in [0.2, 0.25) is 0 Å². The Balaban J connectivity index is 0.00000180. The molecule has 0 saturated carbocycles. The Morgan fingerprint density at radius 1 is 1.58 bits per heavy atom. The van der Waals surface area contributed by atoms with Crippen LogP contribution in [0.15, 0.2) is 18.3 Å². The number of nitrogens with two attached hydrogens (primary N) is 1. The quantitative estimate of drug-likeness (QED) is 0.893. The molecule has 4 nitrogen and oxygen atoms in total. The van der Waals surface area contributed by atoms with Crippen molar-refractivity contribution >= 4 is 35.8 Å². The van der Waals surface area contributed by atoms with Gasteiger partial charge in [-0.05, 0) is 37.7 Å². The molecule has 0 spiro atoms. The SMILES string of the molecule is CC1(CNC(=O)Cc2ccc(N)cn2)CCCS1.Cl. The highest BCUT2D eigenvalue weighted by Gasteiger charge is 2.29. The first-order valence-corrected chi connectivity index (χ1v) is 7.17. The molecule has 1 amide bonds. The van der Waals surface area contributed by atoms with E-state index in [9.17, 15) is 4.79 Å². The second-order valence-electron chi connectivity index (χ2n) is 4.94. The highest BCUT2D eigenvalue weighted by atomic mass is 35.5. The summed E-state index contributed by atoms with van der Waals surface area (Å²) in [6, 6.07) is 3.56. The van der Waals surface area contributed by atoms with Crippen molar-refractivity contribution in [1.82, 2.24) is 10.3 Å². The molecule has 1 aromatic heterocycles. The first-order valence-electron chi connectivity index (χ1n) is 6.18. The van der Waals surface area contributed by atoms with Gasteiger partial charge in [-0.3, -0.25) is 9.78 Å². The fraction of sp³-hybridized carbons (Fsp3) is 0.538. The molecular formula is C13H20ClN3OS. The van der Waals surface area contributed by atoms with Gasteiger partial charge in [-0.25, -0.2) is 0 Å². The Labute approximate surface area is 124 Å². The summed E-state index contributed by atoms with van der Waals surface area (Å²) in [6.45, 7) is 2.96. The molecule has 106 valence electrons. The van der Waals surface area contributed by atoms with Crippen molar-refractivity contribution in [2.24, 2.45) is 0 Å².